The smallest absolute Gasteiger partial charge is 1.00 e. The Labute approximate surface area is 601 Å². The number of amides is 1. The molecule has 4 saturated heterocycles. The van der Waals surface area contributed by atoms with Crippen molar-refractivity contribution in [3.8, 4) is 33.8 Å². The predicted octanol–water partition coefficient (Wildman–Crippen LogP) is 5.85. The number of hydrogen-bond donors (Lipinski definition) is 2. The van der Waals surface area contributed by atoms with Gasteiger partial charge >= 0.3 is 103 Å². The second-order valence-corrected chi connectivity index (χ2v) is 23.1. The summed E-state index contributed by atoms with van der Waals surface area (Å²) in [5, 5.41) is 29.5. The first-order valence-electron chi connectivity index (χ1n) is 27.2. The van der Waals surface area contributed by atoms with Crippen LogP contribution in [0.4, 0.5) is 29.2 Å². The van der Waals surface area contributed by atoms with Gasteiger partial charge in [-0.3, -0.25) is 24.2 Å². The standard InChI is InChI=1S/C29H32ClF2N5O2.C27H31ClF2N4O.C3H3ClO.CH2O3.CH4.2K.H/c1-6-23(39)36-11-17(5)37(12-16(36)4)29-19-10-20(30)24(25-21(31)8-7-9-22(25)38)26(32)27(19)33-28(34-29)18-13-35(14-18)15(2)3;1-14(2)33-12-17(13-33)26-31-25-18(27(32-26)34-11-15(3)8-9-16(34)4)10-19(28)22(24(25)30)23-20(29)6-5-7-21(23)35;1-2-3(4)5;2-1-4-3;;;;/h6-10,15-18,38H,1,11-14H2,2-5H3;5-7,10,14-17,35H,8-9,11-13H2,1-4H3;2H,1H2;1,3H;1H4;;;/q;;;;;2*+1;-1/p-1/t16-,17+;15-,16-;;;;;;/m10....../s1. The minimum Gasteiger partial charge on any atom is -1.00 e. The van der Waals surface area contributed by atoms with Gasteiger partial charge in [-0.25, -0.2) is 37.5 Å². The van der Waals surface area contributed by atoms with E-state index in [0.717, 1.165) is 57.7 Å². The molecule has 6 heterocycles. The van der Waals surface area contributed by atoms with Crippen LogP contribution in [0.15, 0.2) is 73.8 Å². The van der Waals surface area contributed by atoms with Crippen LogP contribution in [0.3, 0.4) is 0 Å². The van der Waals surface area contributed by atoms with E-state index in [1.165, 1.54) is 36.4 Å². The van der Waals surface area contributed by atoms with E-state index in [-0.39, 0.29) is 203 Å². The summed E-state index contributed by atoms with van der Waals surface area (Å²) in [7, 11) is 0. The summed E-state index contributed by atoms with van der Waals surface area (Å²) in [5.74, 6) is -1.14. The van der Waals surface area contributed by atoms with Crippen molar-refractivity contribution in [2.45, 2.75) is 118 Å². The molecule has 4 aromatic carbocycles. The summed E-state index contributed by atoms with van der Waals surface area (Å²) in [6, 6.07) is 11.5. The van der Waals surface area contributed by atoms with Crippen molar-refractivity contribution in [1.82, 2.24) is 34.6 Å². The fourth-order valence-corrected chi connectivity index (χ4v) is 11.4. The SMILES string of the molecule is C.C=CC(=O)Cl.C=CC(=O)N1C[C@H](C)N(c2nc(C3CN(C(C)C)C3)nc3c(F)c(-c4c(O)cccc4F)c(Cl)cc23)C[C@H]1C.CC(C)N1CC(c2nc(N3C[C@@H](C)CC[C@@H]3C)c3cc(Cl)c(-c4c(O)cccc4F)c(F)c3n2)C1.O=CO[O-].[H-].[K+].[K+]. The molecule has 4 aliphatic rings. The number of aromatic hydroxyl groups is 2. The van der Waals surface area contributed by atoms with Gasteiger partial charge in [-0.2, -0.15) is 0 Å². The van der Waals surface area contributed by atoms with Crippen LogP contribution < -0.4 is 118 Å². The van der Waals surface area contributed by atoms with E-state index in [2.05, 4.69) is 89.2 Å². The molecule has 4 atom stereocenters. The number of nitrogens with zero attached hydrogens (tertiary/aromatic N) is 9. The van der Waals surface area contributed by atoms with Crippen LogP contribution in [0.5, 0.6) is 11.5 Å². The third-order valence-electron chi connectivity index (χ3n) is 15.6. The number of anilines is 2. The van der Waals surface area contributed by atoms with Crippen LogP contribution in [0, 0.1) is 29.2 Å². The Balaban J connectivity index is 0.000000385. The molecule has 0 saturated carbocycles. The van der Waals surface area contributed by atoms with Gasteiger partial charge < -0.3 is 36.5 Å². The van der Waals surface area contributed by atoms with Crippen molar-refractivity contribution < 1.29 is 156 Å². The maximum Gasteiger partial charge on any atom is 1.00 e. The number of carbonyl (C=O) groups is 3. The molecule has 0 bridgehead atoms. The van der Waals surface area contributed by atoms with Gasteiger partial charge in [0.1, 0.15) is 57.5 Å². The first kappa shape index (κ1) is 75.1. The summed E-state index contributed by atoms with van der Waals surface area (Å²) in [6.45, 7) is 28.2. The molecule has 4 aliphatic heterocycles. The Hall–Kier alpha value is -3.41. The fraction of sp³-hybridized carbons (Fsp3) is 0.426. The van der Waals surface area contributed by atoms with E-state index in [9.17, 15) is 28.6 Å². The number of fused-ring (bicyclic) bond motifs is 2. The summed E-state index contributed by atoms with van der Waals surface area (Å²) >= 11 is 17.8. The number of hydrogen-bond acceptors (Lipinski definition) is 15. The van der Waals surface area contributed by atoms with Gasteiger partial charge in [0.05, 0.1) is 21.2 Å². The summed E-state index contributed by atoms with van der Waals surface area (Å²) < 4.78 is 62.1. The molecule has 86 heavy (non-hydrogen) atoms. The van der Waals surface area contributed by atoms with E-state index < -0.39 is 34.3 Å². The van der Waals surface area contributed by atoms with E-state index in [1.54, 1.807) is 17.0 Å². The Kier molecular flexibility index (Phi) is 28.9. The molecule has 10 rings (SSSR count). The minimum atomic E-state index is -0.816. The number of phenols is 2. The van der Waals surface area contributed by atoms with Gasteiger partial charge in [-0.05, 0) is 127 Å². The number of likely N-dealkylation sites (tertiary alicyclic amines) is 2. The Morgan fingerprint density at radius 2 is 1.07 bits per heavy atom. The monoisotopic (exact) mass is 1300 g/mol. The van der Waals surface area contributed by atoms with Crippen LogP contribution in [0.25, 0.3) is 44.1 Å². The van der Waals surface area contributed by atoms with Crippen molar-refractivity contribution in [1.29, 1.82) is 0 Å². The normalized spacial score (nSPS) is 18.7. The van der Waals surface area contributed by atoms with Gasteiger partial charge in [0.2, 0.25) is 11.1 Å². The number of carbonyl (C=O) groups excluding carboxylic acids is 3. The molecule has 4 fully saturated rings. The van der Waals surface area contributed by atoms with Crippen molar-refractivity contribution in [2.24, 2.45) is 5.92 Å². The number of allylic oxidation sites excluding steroid dienone is 1. The van der Waals surface area contributed by atoms with Gasteiger partial charge in [0.25, 0.3) is 6.47 Å². The molecule has 0 spiro atoms. The Morgan fingerprint density at radius 3 is 1.43 bits per heavy atom. The van der Waals surface area contributed by atoms with Crippen LogP contribution in [0.2, 0.25) is 10.0 Å². The zero-order chi connectivity index (χ0) is 60.9. The topological polar surface area (TPSA) is 192 Å². The van der Waals surface area contributed by atoms with Crippen molar-refractivity contribution in [3.63, 3.8) is 0 Å². The minimum absolute atomic E-state index is 0. The van der Waals surface area contributed by atoms with Crippen molar-refractivity contribution in [3.05, 3.63) is 119 Å². The van der Waals surface area contributed by atoms with E-state index >= 15 is 8.78 Å². The van der Waals surface area contributed by atoms with Crippen LogP contribution in [0.1, 0.15) is 101 Å². The van der Waals surface area contributed by atoms with Crippen LogP contribution >= 0.6 is 34.8 Å². The summed E-state index contributed by atoms with van der Waals surface area (Å²) in [5.41, 5.74) is -0.853. The molecule has 0 unspecified atom stereocenters. The molecule has 2 aromatic heterocycles. The first-order chi connectivity index (χ1) is 39.3. The second-order valence-electron chi connectivity index (χ2n) is 21.9. The quantitative estimate of drug-likeness (QED) is 0.0299. The number of phenolic OH excluding ortho intramolecular Hbond substituents is 2. The first-order valence-corrected chi connectivity index (χ1v) is 28.3. The van der Waals surface area contributed by atoms with Gasteiger partial charge in [0, 0.05) is 110 Å². The number of halogens is 7. The molecular formula is C61H72Cl3F4K2N9O7. The third-order valence-corrected chi connectivity index (χ3v) is 16.3. The molecule has 16 nitrogen and oxygen atoms in total. The third kappa shape index (κ3) is 16.7. The Bertz CT molecular complexity index is 3390. The zero-order valence-electron chi connectivity index (χ0n) is 50.4. The van der Waals surface area contributed by atoms with Crippen molar-refractivity contribution in [2.75, 3.05) is 55.6 Å². The number of piperazine rings is 1. The average molecular weight is 1300 g/mol. The number of rotatable bonds is 11. The fourth-order valence-electron chi connectivity index (χ4n) is 10.8. The van der Waals surface area contributed by atoms with E-state index in [1.807, 2.05) is 13.8 Å². The molecule has 1 amide bonds. The zero-order valence-corrected chi connectivity index (χ0v) is 57.9. The second kappa shape index (κ2) is 33.1. The molecule has 454 valence electrons. The molecule has 2 N–H and O–H groups in total. The summed E-state index contributed by atoms with van der Waals surface area (Å²) in [6.07, 6.45) is 4.50. The van der Waals surface area contributed by atoms with Gasteiger partial charge in [-0.15, -0.1) is 0 Å². The maximum absolute atomic E-state index is 16.3. The molecule has 0 aliphatic carbocycles. The molecule has 25 heteroatoms. The van der Waals surface area contributed by atoms with Gasteiger partial charge in [-0.1, -0.05) is 62.8 Å². The molecular weight excluding hydrogens is 1230 g/mol. The van der Waals surface area contributed by atoms with Gasteiger partial charge in [0.15, 0.2) is 11.6 Å². The van der Waals surface area contributed by atoms with Crippen molar-refractivity contribution >= 4 is 85.9 Å². The van der Waals surface area contributed by atoms with Crippen LogP contribution in [-0.2, 0) is 19.3 Å². The number of piperidine rings is 1. The molecule has 0 radical (unpaired) electrons. The largest absolute Gasteiger partial charge is 1.00 e. The van der Waals surface area contributed by atoms with Crippen LogP contribution in [-0.4, -0.2) is 138 Å². The summed E-state index contributed by atoms with van der Waals surface area (Å²) in [4.78, 5) is 63.0. The average Bonchev–Trinajstić information content (AvgIpc) is 0.961. The number of aromatic nitrogens is 4. The van der Waals surface area contributed by atoms with E-state index in [0.29, 0.717) is 65.1 Å². The van der Waals surface area contributed by atoms with E-state index in [4.69, 9.17) is 54.8 Å². The maximum atomic E-state index is 16.3. The number of benzene rings is 4. The molecule has 6 aromatic rings. The predicted molar refractivity (Wildman–Crippen MR) is 321 cm³/mol. The Morgan fingerprint density at radius 1 is 0.663 bits per heavy atom.